The van der Waals surface area contributed by atoms with Gasteiger partial charge in [0.25, 0.3) is 5.91 Å². The number of nitrogens with one attached hydrogen (secondary N) is 2. The SMILES string of the molecule is Cc1[nH]c2c(F)ccc(C)c2c1CCNC(=O)COc1ccc2c(c1)CCCC2. The van der Waals surface area contributed by atoms with Crippen molar-refractivity contribution in [1.29, 1.82) is 0 Å². The quantitative estimate of drug-likeness (QED) is 0.645. The summed E-state index contributed by atoms with van der Waals surface area (Å²) < 4.78 is 19.7. The maximum atomic E-state index is 14.1. The predicted octanol–water partition coefficient (Wildman–Crippen LogP) is 4.54. The minimum absolute atomic E-state index is 0.000685. The maximum Gasteiger partial charge on any atom is 0.257 e. The molecule has 0 spiro atoms. The second kappa shape index (κ2) is 8.27. The van der Waals surface area contributed by atoms with Gasteiger partial charge in [-0.05, 0) is 86.4 Å². The Morgan fingerprint density at radius 3 is 2.76 bits per heavy atom. The molecule has 4 rings (SSSR count). The molecule has 0 saturated carbocycles. The van der Waals surface area contributed by atoms with Gasteiger partial charge < -0.3 is 15.0 Å². The zero-order valence-corrected chi connectivity index (χ0v) is 17.0. The largest absolute Gasteiger partial charge is 0.484 e. The van der Waals surface area contributed by atoms with E-state index < -0.39 is 0 Å². The molecule has 0 fully saturated rings. The van der Waals surface area contributed by atoms with E-state index in [2.05, 4.69) is 22.4 Å². The minimum Gasteiger partial charge on any atom is -0.484 e. The van der Waals surface area contributed by atoms with E-state index in [1.54, 1.807) is 6.07 Å². The van der Waals surface area contributed by atoms with Gasteiger partial charge in [-0.3, -0.25) is 4.79 Å². The first-order valence-corrected chi connectivity index (χ1v) is 10.3. The van der Waals surface area contributed by atoms with E-state index in [4.69, 9.17) is 4.74 Å². The van der Waals surface area contributed by atoms with Crippen LogP contribution in [0.2, 0.25) is 0 Å². The molecule has 2 aromatic carbocycles. The topological polar surface area (TPSA) is 54.1 Å². The highest BCUT2D eigenvalue weighted by Crippen LogP contribution is 2.28. The summed E-state index contributed by atoms with van der Waals surface area (Å²) >= 11 is 0. The highest BCUT2D eigenvalue weighted by atomic mass is 19.1. The molecule has 1 aliphatic rings. The van der Waals surface area contributed by atoms with Crippen LogP contribution in [0.25, 0.3) is 10.9 Å². The van der Waals surface area contributed by atoms with Crippen molar-refractivity contribution in [1.82, 2.24) is 10.3 Å². The van der Waals surface area contributed by atoms with Gasteiger partial charge in [0.2, 0.25) is 0 Å². The van der Waals surface area contributed by atoms with Crippen LogP contribution in [0.1, 0.15) is 40.8 Å². The summed E-state index contributed by atoms with van der Waals surface area (Å²) in [5.41, 5.74) is 6.29. The molecule has 0 aliphatic heterocycles. The first-order valence-electron chi connectivity index (χ1n) is 10.3. The first kappa shape index (κ1) is 19.5. The van der Waals surface area contributed by atoms with Crippen LogP contribution in [0, 0.1) is 19.7 Å². The molecule has 0 unspecified atom stereocenters. The van der Waals surface area contributed by atoms with Gasteiger partial charge in [0.1, 0.15) is 11.6 Å². The molecule has 3 aromatic rings. The average Bonchev–Trinajstić information content (AvgIpc) is 3.06. The molecule has 1 aromatic heterocycles. The molecular weight excluding hydrogens is 367 g/mol. The van der Waals surface area contributed by atoms with Gasteiger partial charge in [0.15, 0.2) is 6.61 Å². The molecule has 29 heavy (non-hydrogen) atoms. The number of ether oxygens (including phenoxy) is 1. The molecule has 1 amide bonds. The first-order chi connectivity index (χ1) is 14.0. The van der Waals surface area contributed by atoms with Gasteiger partial charge in [0.05, 0.1) is 5.52 Å². The smallest absolute Gasteiger partial charge is 0.257 e. The van der Waals surface area contributed by atoms with E-state index in [0.717, 1.165) is 40.8 Å². The lowest BCUT2D eigenvalue weighted by atomic mass is 9.92. The minimum atomic E-state index is -0.248. The van der Waals surface area contributed by atoms with Crippen LogP contribution < -0.4 is 10.1 Å². The summed E-state index contributed by atoms with van der Waals surface area (Å²) in [7, 11) is 0. The zero-order chi connectivity index (χ0) is 20.4. The van der Waals surface area contributed by atoms with E-state index in [1.165, 1.54) is 30.0 Å². The van der Waals surface area contributed by atoms with Crippen molar-refractivity contribution in [3.63, 3.8) is 0 Å². The molecule has 5 heteroatoms. The molecule has 4 nitrogen and oxygen atoms in total. The molecule has 0 radical (unpaired) electrons. The number of hydrogen-bond acceptors (Lipinski definition) is 2. The fourth-order valence-corrected chi connectivity index (χ4v) is 4.28. The third-order valence-corrected chi connectivity index (χ3v) is 5.82. The van der Waals surface area contributed by atoms with Gasteiger partial charge in [-0.15, -0.1) is 0 Å². The number of carbonyl (C=O) groups is 1. The Morgan fingerprint density at radius 1 is 1.14 bits per heavy atom. The third-order valence-electron chi connectivity index (χ3n) is 5.82. The Labute approximate surface area is 170 Å². The van der Waals surface area contributed by atoms with Crippen LogP contribution in [0.3, 0.4) is 0 Å². The lowest BCUT2D eigenvalue weighted by Gasteiger charge is -2.16. The lowest BCUT2D eigenvalue weighted by molar-refractivity contribution is -0.123. The summed E-state index contributed by atoms with van der Waals surface area (Å²) in [6.45, 7) is 4.40. The Bertz CT molecular complexity index is 1050. The number of benzene rings is 2. The number of aromatic amines is 1. The molecule has 0 atom stereocenters. The van der Waals surface area contributed by atoms with Crippen molar-refractivity contribution >= 4 is 16.8 Å². The number of fused-ring (bicyclic) bond motifs is 2. The van der Waals surface area contributed by atoms with Gasteiger partial charge >= 0.3 is 0 Å². The molecule has 1 aliphatic carbocycles. The highest BCUT2D eigenvalue weighted by molar-refractivity contribution is 5.88. The van der Waals surface area contributed by atoms with E-state index >= 15 is 0 Å². The summed E-state index contributed by atoms with van der Waals surface area (Å²) in [6.07, 6.45) is 5.32. The van der Waals surface area contributed by atoms with Crippen LogP contribution in [0.4, 0.5) is 4.39 Å². The van der Waals surface area contributed by atoms with Crippen LogP contribution >= 0.6 is 0 Å². The second-order valence-corrected chi connectivity index (χ2v) is 7.87. The summed E-state index contributed by atoms with van der Waals surface area (Å²) in [4.78, 5) is 15.3. The lowest BCUT2D eigenvalue weighted by Crippen LogP contribution is -2.30. The van der Waals surface area contributed by atoms with Crippen molar-refractivity contribution in [2.24, 2.45) is 0 Å². The van der Waals surface area contributed by atoms with Gasteiger partial charge in [-0.25, -0.2) is 4.39 Å². The zero-order valence-electron chi connectivity index (χ0n) is 17.0. The average molecular weight is 394 g/mol. The van der Waals surface area contributed by atoms with Crippen molar-refractivity contribution in [2.45, 2.75) is 46.0 Å². The molecule has 1 heterocycles. The van der Waals surface area contributed by atoms with Crippen molar-refractivity contribution in [3.8, 4) is 5.75 Å². The monoisotopic (exact) mass is 394 g/mol. The number of halogens is 1. The number of aromatic nitrogens is 1. The normalized spacial score (nSPS) is 13.3. The molecular formula is C24H27FN2O2. The number of rotatable bonds is 6. The molecule has 0 saturated heterocycles. The molecule has 2 N–H and O–H groups in total. The van der Waals surface area contributed by atoms with Crippen molar-refractivity contribution in [3.05, 3.63) is 64.1 Å². The third kappa shape index (κ3) is 4.14. The number of carbonyl (C=O) groups excluding carboxylic acids is 1. The summed E-state index contributed by atoms with van der Waals surface area (Å²) in [5.74, 6) is 0.352. The van der Waals surface area contributed by atoms with Crippen LogP contribution in [-0.4, -0.2) is 24.0 Å². The number of hydrogen-bond donors (Lipinski definition) is 2. The van der Waals surface area contributed by atoms with Crippen LogP contribution in [-0.2, 0) is 24.1 Å². The Hall–Kier alpha value is -2.82. The van der Waals surface area contributed by atoms with Crippen LogP contribution in [0.5, 0.6) is 5.75 Å². The van der Waals surface area contributed by atoms with E-state index in [-0.39, 0.29) is 18.3 Å². The van der Waals surface area contributed by atoms with Crippen LogP contribution in [0.15, 0.2) is 30.3 Å². The predicted molar refractivity (Wildman–Crippen MR) is 113 cm³/mol. The van der Waals surface area contributed by atoms with Gasteiger partial charge in [0, 0.05) is 17.6 Å². The van der Waals surface area contributed by atoms with Crippen molar-refractivity contribution in [2.75, 3.05) is 13.2 Å². The fraction of sp³-hybridized carbons (Fsp3) is 0.375. The second-order valence-electron chi connectivity index (χ2n) is 7.87. The highest BCUT2D eigenvalue weighted by Gasteiger charge is 2.14. The molecule has 0 bridgehead atoms. The Kier molecular flexibility index (Phi) is 5.56. The Morgan fingerprint density at radius 2 is 1.93 bits per heavy atom. The number of amides is 1. The van der Waals surface area contributed by atoms with E-state index in [9.17, 15) is 9.18 Å². The number of aryl methyl sites for hydroxylation is 4. The maximum absolute atomic E-state index is 14.1. The fourth-order valence-electron chi connectivity index (χ4n) is 4.28. The van der Waals surface area contributed by atoms with E-state index in [0.29, 0.717) is 18.5 Å². The summed E-state index contributed by atoms with van der Waals surface area (Å²) in [6, 6.07) is 9.40. The summed E-state index contributed by atoms with van der Waals surface area (Å²) in [5, 5.41) is 3.83. The Balaban J connectivity index is 1.32. The van der Waals surface area contributed by atoms with E-state index in [1.807, 2.05) is 19.9 Å². The van der Waals surface area contributed by atoms with Crippen molar-refractivity contribution < 1.29 is 13.9 Å². The number of H-pyrrole nitrogens is 1. The van der Waals surface area contributed by atoms with Gasteiger partial charge in [-0.2, -0.15) is 0 Å². The molecule has 152 valence electrons. The standard InChI is InChI=1S/C24H27FN2O2/c1-15-7-10-21(25)24-23(15)20(16(2)27-24)11-12-26-22(28)14-29-19-9-8-17-5-3-4-6-18(17)13-19/h7-10,13,27H,3-6,11-12,14H2,1-2H3,(H,26,28). The van der Waals surface area contributed by atoms with Gasteiger partial charge in [-0.1, -0.05) is 12.1 Å².